The van der Waals surface area contributed by atoms with Gasteiger partial charge in [-0.1, -0.05) is 0 Å². The third-order valence-electron chi connectivity index (χ3n) is 3.03. The minimum Gasteiger partial charge on any atom is -0.467 e. The maximum atomic E-state index is 11.5. The standard InChI is InChI=1S/C11H17N5O4/c1-11(7(12)17)6-16(4-5-20-11)8-13-9(18-2)15-10(14-8)19-3/h4-6H2,1-3H3,(H2,12,17)/t11-/m0/s1. The first-order chi connectivity index (χ1) is 9.48. The molecule has 0 aliphatic carbocycles. The van der Waals surface area contributed by atoms with Gasteiger partial charge in [-0.3, -0.25) is 4.79 Å². The van der Waals surface area contributed by atoms with Gasteiger partial charge in [0, 0.05) is 6.54 Å². The first-order valence-electron chi connectivity index (χ1n) is 6.01. The van der Waals surface area contributed by atoms with Crippen LogP contribution >= 0.6 is 0 Å². The summed E-state index contributed by atoms with van der Waals surface area (Å²) in [6.07, 6.45) is 0. The Morgan fingerprint density at radius 2 is 1.90 bits per heavy atom. The first kappa shape index (κ1) is 14.3. The molecule has 2 rings (SSSR count). The lowest BCUT2D eigenvalue weighted by Gasteiger charge is -2.38. The normalized spacial score (nSPS) is 22.4. The van der Waals surface area contributed by atoms with Gasteiger partial charge in [-0.25, -0.2) is 0 Å². The monoisotopic (exact) mass is 283 g/mol. The second-order valence-corrected chi connectivity index (χ2v) is 4.47. The third kappa shape index (κ3) is 2.72. The quantitative estimate of drug-likeness (QED) is 0.746. The molecule has 0 unspecified atom stereocenters. The summed E-state index contributed by atoms with van der Waals surface area (Å²) in [6.45, 7) is 2.75. The zero-order valence-electron chi connectivity index (χ0n) is 11.6. The summed E-state index contributed by atoms with van der Waals surface area (Å²) in [7, 11) is 2.90. The zero-order chi connectivity index (χ0) is 14.8. The Kier molecular flexibility index (Phi) is 3.89. The summed E-state index contributed by atoms with van der Waals surface area (Å²) < 4.78 is 15.4. The Labute approximate surface area is 116 Å². The summed E-state index contributed by atoms with van der Waals surface area (Å²) in [6, 6.07) is 0.276. The minimum absolute atomic E-state index is 0.138. The van der Waals surface area contributed by atoms with Gasteiger partial charge in [0.05, 0.1) is 27.4 Å². The van der Waals surface area contributed by atoms with Crippen molar-refractivity contribution in [3.8, 4) is 12.0 Å². The number of hydrogen-bond acceptors (Lipinski definition) is 8. The number of amides is 1. The number of ether oxygens (including phenoxy) is 3. The van der Waals surface area contributed by atoms with E-state index in [9.17, 15) is 4.79 Å². The number of anilines is 1. The molecular formula is C11H17N5O4. The molecule has 9 heteroatoms. The van der Waals surface area contributed by atoms with Gasteiger partial charge in [0.25, 0.3) is 5.91 Å². The maximum absolute atomic E-state index is 11.5. The second kappa shape index (κ2) is 5.45. The van der Waals surface area contributed by atoms with Crippen molar-refractivity contribution in [2.45, 2.75) is 12.5 Å². The highest BCUT2D eigenvalue weighted by atomic mass is 16.5. The van der Waals surface area contributed by atoms with Crippen molar-refractivity contribution in [2.24, 2.45) is 5.73 Å². The zero-order valence-corrected chi connectivity index (χ0v) is 11.6. The predicted octanol–water partition coefficient (Wildman–Crippen LogP) is -1.03. The highest BCUT2D eigenvalue weighted by molar-refractivity contribution is 5.84. The van der Waals surface area contributed by atoms with Gasteiger partial charge < -0.3 is 24.8 Å². The highest BCUT2D eigenvalue weighted by Crippen LogP contribution is 2.23. The molecular weight excluding hydrogens is 266 g/mol. The molecule has 0 spiro atoms. The number of carbonyl (C=O) groups is 1. The average Bonchev–Trinajstić information content (AvgIpc) is 2.46. The van der Waals surface area contributed by atoms with Crippen LogP contribution in [0.1, 0.15) is 6.92 Å². The molecule has 0 radical (unpaired) electrons. The van der Waals surface area contributed by atoms with E-state index in [4.69, 9.17) is 19.9 Å². The van der Waals surface area contributed by atoms with E-state index in [1.807, 2.05) is 0 Å². The number of morpholine rings is 1. The molecule has 0 aromatic carbocycles. The van der Waals surface area contributed by atoms with Crippen LogP contribution in [0.3, 0.4) is 0 Å². The molecule has 2 heterocycles. The number of carbonyl (C=O) groups excluding carboxylic acids is 1. The van der Waals surface area contributed by atoms with E-state index < -0.39 is 11.5 Å². The SMILES string of the molecule is COc1nc(OC)nc(N2CCO[C@](C)(C(N)=O)C2)n1. The van der Waals surface area contributed by atoms with Crippen molar-refractivity contribution in [3.63, 3.8) is 0 Å². The summed E-state index contributed by atoms with van der Waals surface area (Å²) in [5, 5.41) is 0. The van der Waals surface area contributed by atoms with Gasteiger partial charge in [-0.15, -0.1) is 4.98 Å². The molecule has 1 amide bonds. The molecule has 1 aliphatic rings. The molecule has 1 aromatic rings. The largest absolute Gasteiger partial charge is 0.467 e. The van der Waals surface area contributed by atoms with Gasteiger partial charge in [-0.2, -0.15) is 9.97 Å². The topological polar surface area (TPSA) is 113 Å². The van der Waals surface area contributed by atoms with Crippen molar-refractivity contribution in [1.29, 1.82) is 0 Å². The third-order valence-corrected chi connectivity index (χ3v) is 3.03. The number of hydrogen-bond donors (Lipinski definition) is 1. The number of primary amides is 1. The van der Waals surface area contributed by atoms with Crippen LogP contribution < -0.4 is 20.1 Å². The average molecular weight is 283 g/mol. The number of methoxy groups -OCH3 is 2. The second-order valence-electron chi connectivity index (χ2n) is 4.47. The Bertz CT molecular complexity index is 489. The Morgan fingerprint density at radius 1 is 1.30 bits per heavy atom. The molecule has 110 valence electrons. The van der Waals surface area contributed by atoms with Crippen LogP contribution in [-0.4, -0.2) is 60.4 Å². The van der Waals surface area contributed by atoms with Gasteiger partial charge >= 0.3 is 12.0 Å². The summed E-state index contributed by atoms with van der Waals surface area (Å²) in [4.78, 5) is 25.5. The molecule has 1 fully saturated rings. The van der Waals surface area contributed by atoms with Crippen LogP contribution in [0.4, 0.5) is 5.95 Å². The van der Waals surface area contributed by atoms with Crippen LogP contribution in [0.15, 0.2) is 0 Å². The van der Waals surface area contributed by atoms with Crippen molar-refractivity contribution in [2.75, 3.05) is 38.8 Å². The fourth-order valence-electron chi connectivity index (χ4n) is 1.84. The number of rotatable bonds is 4. The van der Waals surface area contributed by atoms with E-state index in [1.165, 1.54) is 14.2 Å². The van der Waals surface area contributed by atoms with Gasteiger partial charge in [0.15, 0.2) is 5.60 Å². The fraction of sp³-hybridized carbons (Fsp3) is 0.636. The van der Waals surface area contributed by atoms with Crippen molar-refractivity contribution >= 4 is 11.9 Å². The number of nitrogens with two attached hydrogens (primary N) is 1. The molecule has 2 N–H and O–H groups in total. The van der Waals surface area contributed by atoms with E-state index in [1.54, 1.807) is 11.8 Å². The van der Waals surface area contributed by atoms with E-state index in [0.717, 1.165) is 0 Å². The molecule has 9 nitrogen and oxygen atoms in total. The van der Waals surface area contributed by atoms with Crippen LogP contribution in [0.5, 0.6) is 12.0 Å². The smallest absolute Gasteiger partial charge is 0.324 e. The molecule has 1 aromatic heterocycles. The van der Waals surface area contributed by atoms with Gasteiger partial charge in [0.2, 0.25) is 5.95 Å². The first-order valence-corrected chi connectivity index (χ1v) is 6.01. The lowest BCUT2D eigenvalue weighted by Crippen LogP contribution is -2.57. The lowest BCUT2D eigenvalue weighted by molar-refractivity contribution is -0.142. The molecule has 1 atom stereocenters. The van der Waals surface area contributed by atoms with Crippen molar-refractivity contribution < 1.29 is 19.0 Å². The fourth-order valence-corrected chi connectivity index (χ4v) is 1.84. The lowest BCUT2D eigenvalue weighted by atomic mass is 10.0. The minimum atomic E-state index is -1.08. The predicted molar refractivity (Wildman–Crippen MR) is 68.7 cm³/mol. The van der Waals surface area contributed by atoms with Crippen molar-refractivity contribution in [1.82, 2.24) is 15.0 Å². The number of nitrogens with zero attached hydrogens (tertiary/aromatic N) is 4. The van der Waals surface area contributed by atoms with Gasteiger partial charge in [-0.05, 0) is 6.92 Å². The highest BCUT2D eigenvalue weighted by Gasteiger charge is 2.38. The van der Waals surface area contributed by atoms with Crippen LogP contribution in [-0.2, 0) is 9.53 Å². The van der Waals surface area contributed by atoms with Crippen LogP contribution in [0.25, 0.3) is 0 Å². The van der Waals surface area contributed by atoms with E-state index in [2.05, 4.69) is 15.0 Å². The Morgan fingerprint density at radius 3 is 2.40 bits per heavy atom. The van der Waals surface area contributed by atoms with E-state index in [-0.39, 0.29) is 18.6 Å². The summed E-state index contributed by atoms with van der Waals surface area (Å²) >= 11 is 0. The number of aromatic nitrogens is 3. The van der Waals surface area contributed by atoms with Gasteiger partial charge in [0.1, 0.15) is 0 Å². The van der Waals surface area contributed by atoms with Crippen LogP contribution in [0, 0.1) is 0 Å². The van der Waals surface area contributed by atoms with E-state index >= 15 is 0 Å². The molecule has 0 saturated carbocycles. The molecule has 0 bridgehead atoms. The molecule has 1 saturated heterocycles. The molecule has 1 aliphatic heterocycles. The van der Waals surface area contributed by atoms with Crippen LogP contribution in [0.2, 0.25) is 0 Å². The van der Waals surface area contributed by atoms with E-state index in [0.29, 0.717) is 19.1 Å². The maximum Gasteiger partial charge on any atom is 0.324 e. The Balaban J connectivity index is 2.29. The Hall–Kier alpha value is -2.16. The van der Waals surface area contributed by atoms with Crippen molar-refractivity contribution in [3.05, 3.63) is 0 Å². The summed E-state index contributed by atoms with van der Waals surface area (Å²) in [5.41, 5.74) is 4.28. The summed E-state index contributed by atoms with van der Waals surface area (Å²) in [5.74, 6) is -0.181. The molecule has 20 heavy (non-hydrogen) atoms.